The van der Waals surface area contributed by atoms with E-state index < -0.39 is 33.3 Å². The Balaban J connectivity index is 2.42. The summed E-state index contributed by atoms with van der Waals surface area (Å²) in [5.74, 6) is -1.31. The van der Waals surface area contributed by atoms with Crippen LogP contribution in [0.15, 0.2) is 29.8 Å². The van der Waals surface area contributed by atoms with E-state index in [9.17, 15) is 29.8 Å². The Hall–Kier alpha value is -3.10. The third-order valence-corrected chi connectivity index (χ3v) is 5.27. The highest BCUT2D eigenvalue weighted by Gasteiger charge is 2.41. The molecule has 1 aliphatic rings. The van der Waals surface area contributed by atoms with Crippen LogP contribution < -0.4 is 0 Å². The summed E-state index contributed by atoms with van der Waals surface area (Å²) >= 11 is 0. The summed E-state index contributed by atoms with van der Waals surface area (Å²) in [6.45, 7) is 7.39. The van der Waals surface area contributed by atoms with Crippen molar-refractivity contribution in [1.29, 1.82) is 0 Å². The molecule has 156 valence electrons. The van der Waals surface area contributed by atoms with Crippen molar-refractivity contribution in [3.8, 4) is 0 Å². The van der Waals surface area contributed by atoms with E-state index >= 15 is 0 Å². The molecule has 0 saturated carbocycles. The van der Waals surface area contributed by atoms with Crippen molar-refractivity contribution in [2.45, 2.75) is 53.1 Å². The lowest BCUT2D eigenvalue weighted by atomic mass is 9.65. The zero-order valence-electron chi connectivity index (χ0n) is 16.8. The van der Waals surface area contributed by atoms with E-state index in [1.165, 1.54) is 6.92 Å². The first-order valence-electron chi connectivity index (χ1n) is 9.23. The topological polar surface area (TPSA) is 130 Å². The standard InChI is InChI=1S/C20H24N2O7/c1-12-6-5-7-20(3,4)18(12)17(8-13(2)23)29-19(24)14-9-15(21(25)26)11-16(10-14)22(27)28/h6,9-11,17-18H,5,7-8H2,1-4H3. The number of nitro groups is 2. The molecule has 9 heteroatoms. The summed E-state index contributed by atoms with van der Waals surface area (Å²) < 4.78 is 5.62. The molecule has 29 heavy (non-hydrogen) atoms. The Kier molecular flexibility index (Phi) is 6.51. The smallest absolute Gasteiger partial charge is 0.338 e. The minimum absolute atomic E-state index is 0.0119. The number of non-ortho nitro benzene ring substituents is 2. The van der Waals surface area contributed by atoms with E-state index in [0.717, 1.165) is 36.6 Å². The third-order valence-electron chi connectivity index (χ3n) is 5.27. The highest BCUT2D eigenvalue weighted by atomic mass is 16.6. The fourth-order valence-corrected chi connectivity index (χ4v) is 4.01. The molecule has 0 fully saturated rings. The summed E-state index contributed by atoms with van der Waals surface area (Å²) in [6, 6.07) is 2.66. The molecule has 9 nitrogen and oxygen atoms in total. The lowest BCUT2D eigenvalue weighted by Crippen LogP contribution is -2.40. The van der Waals surface area contributed by atoms with Gasteiger partial charge < -0.3 is 4.74 Å². The van der Waals surface area contributed by atoms with Crippen LogP contribution >= 0.6 is 0 Å². The SMILES string of the molecule is CC(=O)CC(OC(=O)c1cc([N+](=O)[O-])cc([N+](=O)[O-])c1)C1C(C)=CCCC1(C)C. The van der Waals surface area contributed by atoms with E-state index in [-0.39, 0.29) is 29.1 Å². The highest BCUT2D eigenvalue weighted by molar-refractivity contribution is 5.91. The van der Waals surface area contributed by atoms with Gasteiger partial charge in [-0.05, 0) is 32.1 Å². The van der Waals surface area contributed by atoms with Crippen molar-refractivity contribution in [2.75, 3.05) is 0 Å². The van der Waals surface area contributed by atoms with E-state index in [1.54, 1.807) is 0 Å². The number of allylic oxidation sites excluding steroid dienone is 1. The van der Waals surface area contributed by atoms with Gasteiger partial charge in [-0.25, -0.2) is 4.79 Å². The monoisotopic (exact) mass is 404 g/mol. The number of ketones is 1. The van der Waals surface area contributed by atoms with Gasteiger partial charge in [-0.1, -0.05) is 25.5 Å². The van der Waals surface area contributed by atoms with E-state index in [1.807, 2.05) is 20.8 Å². The molecule has 0 radical (unpaired) electrons. The van der Waals surface area contributed by atoms with Crippen LogP contribution in [0.1, 0.15) is 57.3 Å². The number of carbonyl (C=O) groups excluding carboxylic acids is 2. The number of esters is 1. The van der Waals surface area contributed by atoms with Crippen LogP contribution in [-0.2, 0) is 9.53 Å². The summed E-state index contributed by atoms with van der Waals surface area (Å²) in [5, 5.41) is 22.1. The molecule has 1 aromatic carbocycles. The van der Waals surface area contributed by atoms with Crippen LogP contribution in [0.25, 0.3) is 0 Å². The first kappa shape index (κ1) is 22.2. The Morgan fingerprint density at radius 1 is 1.17 bits per heavy atom. The van der Waals surface area contributed by atoms with Crippen LogP contribution in [-0.4, -0.2) is 27.7 Å². The second-order valence-corrected chi connectivity index (χ2v) is 8.06. The molecular formula is C20H24N2O7. The molecule has 0 N–H and O–H groups in total. The number of ether oxygens (including phenoxy) is 1. The second kappa shape index (κ2) is 8.50. The van der Waals surface area contributed by atoms with Crippen molar-refractivity contribution < 1.29 is 24.2 Å². The normalized spacial score (nSPS) is 19.0. The molecule has 0 amide bonds. The average Bonchev–Trinajstić information content (AvgIpc) is 2.59. The van der Waals surface area contributed by atoms with Gasteiger partial charge in [0.1, 0.15) is 11.9 Å². The lowest BCUT2D eigenvalue weighted by molar-refractivity contribution is -0.394. The molecule has 0 aromatic heterocycles. The van der Waals surface area contributed by atoms with Crippen molar-refractivity contribution in [1.82, 2.24) is 0 Å². The minimum atomic E-state index is -0.933. The van der Waals surface area contributed by atoms with Crippen molar-refractivity contribution >= 4 is 23.1 Å². The maximum absolute atomic E-state index is 12.7. The van der Waals surface area contributed by atoms with Crippen LogP contribution in [0.3, 0.4) is 0 Å². The van der Waals surface area contributed by atoms with Gasteiger partial charge in [0.05, 0.1) is 21.5 Å². The van der Waals surface area contributed by atoms with Gasteiger partial charge in [0.2, 0.25) is 0 Å². The highest BCUT2D eigenvalue weighted by Crippen LogP contribution is 2.44. The van der Waals surface area contributed by atoms with Crippen molar-refractivity contribution in [3.05, 3.63) is 55.6 Å². The summed E-state index contributed by atoms with van der Waals surface area (Å²) in [5.41, 5.74) is -0.680. The quantitative estimate of drug-likeness (QED) is 0.285. The number of nitro benzene ring substituents is 2. The van der Waals surface area contributed by atoms with Gasteiger partial charge >= 0.3 is 5.97 Å². The number of Topliss-reactive ketones (excluding diaryl/α,β-unsaturated/α-hetero) is 1. The number of rotatable bonds is 7. The van der Waals surface area contributed by atoms with E-state index in [4.69, 9.17) is 4.74 Å². The molecule has 1 aliphatic carbocycles. The van der Waals surface area contributed by atoms with Crippen LogP contribution in [0, 0.1) is 31.6 Å². The number of benzene rings is 1. The zero-order chi connectivity index (χ0) is 21.9. The number of hydrogen-bond acceptors (Lipinski definition) is 7. The van der Waals surface area contributed by atoms with E-state index in [0.29, 0.717) is 0 Å². The fourth-order valence-electron chi connectivity index (χ4n) is 4.01. The third kappa shape index (κ3) is 5.24. The second-order valence-electron chi connectivity index (χ2n) is 8.06. The summed E-state index contributed by atoms with van der Waals surface area (Å²) in [7, 11) is 0. The molecule has 0 spiro atoms. The molecule has 0 aliphatic heterocycles. The van der Waals surface area contributed by atoms with Crippen molar-refractivity contribution in [3.63, 3.8) is 0 Å². The Labute approximate surface area is 168 Å². The maximum Gasteiger partial charge on any atom is 0.338 e. The molecule has 0 saturated heterocycles. The maximum atomic E-state index is 12.7. The van der Waals surface area contributed by atoms with Gasteiger partial charge in [-0.15, -0.1) is 0 Å². The molecule has 1 aromatic rings. The molecule has 0 bridgehead atoms. The van der Waals surface area contributed by atoms with Gasteiger partial charge in [-0.3, -0.25) is 25.0 Å². The van der Waals surface area contributed by atoms with Gasteiger partial charge in [0, 0.05) is 24.5 Å². The molecule has 2 unspecified atom stereocenters. The van der Waals surface area contributed by atoms with Gasteiger partial charge in [0.25, 0.3) is 11.4 Å². The van der Waals surface area contributed by atoms with E-state index in [2.05, 4.69) is 6.08 Å². The molecule has 0 heterocycles. The van der Waals surface area contributed by atoms with Gasteiger partial charge in [0.15, 0.2) is 0 Å². The lowest BCUT2D eigenvalue weighted by Gasteiger charge is -2.42. The first-order valence-corrected chi connectivity index (χ1v) is 9.23. The fraction of sp³-hybridized carbons (Fsp3) is 0.500. The number of nitrogens with zero attached hydrogens (tertiary/aromatic N) is 2. The zero-order valence-corrected chi connectivity index (χ0v) is 16.8. The summed E-state index contributed by atoms with van der Waals surface area (Å²) in [4.78, 5) is 45.1. The number of hydrogen-bond donors (Lipinski definition) is 0. The average molecular weight is 404 g/mol. The largest absolute Gasteiger partial charge is 0.458 e. The molecule has 2 atom stereocenters. The van der Waals surface area contributed by atoms with Gasteiger partial charge in [-0.2, -0.15) is 0 Å². The van der Waals surface area contributed by atoms with Crippen LogP contribution in [0.4, 0.5) is 11.4 Å². The first-order chi connectivity index (χ1) is 13.4. The molecule has 2 rings (SSSR count). The number of carbonyl (C=O) groups is 2. The Bertz CT molecular complexity index is 857. The predicted molar refractivity (Wildman–Crippen MR) is 105 cm³/mol. The summed E-state index contributed by atoms with van der Waals surface area (Å²) in [6.07, 6.45) is 3.00. The van der Waals surface area contributed by atoms with Crippen LogP contribution in [0.2, 0.25) is 0 Å². The van der Waals surface area contributed by atoms with Crippen molar-refractivity contribution in [2.24, 2.45) is 11.3 Å². The predicted octanol–water partition coefficient (Wildman–Crippen LogP) is 4.39. The van der Waals surface area contributed by atoms with Crippen LogP contribution in [0.5, 0.6) is 0 Å². The Morgan fingerprint density at radius 3 is 2.17 bits per heavy atom. The molecular weight excluding hydrogens is 380 g/mol. The Morgan fingerprint density at radius 2 is 1.72 bits per heavy atom. The minimum Gasteiger partial charge on any atom is -0.458 e.